The van der Waals surface area contributed by atoms with E-state index in [2.05, 4.69) is 5.32 Å². The van der Waals surface area contributed by atoms with Gasteiger partial charge in [-0.05, 0) is 19.4 Å². The summed E-state index contributed by atoms with van der Waals surface area (Å²) in [4.78, 5) is 10.2. The lowest BCUT2D eigenvalue weighted by Crippen LogP contribution is -2.43. The number of piperidine rings is 1. The van der Waals surface area contributed by atoms with Gasteiger partial charge in [0.15, 0.2) is 0 Å². The van der Waals surface area contributed by atoms with E-state index in [0.717, 1.165) is 13.0 Å². The van der Waals surface area contributed by atoms with E-state index >= 15 is 0 Å². The molecule has 11 heavy (non-hydrogen) atoms. The van der Waals surface area contributed by atoms with Crippen LogP contribution in [0, 0.1) is 0 Å². The lowest BCUT2D eigenvalue weighted by molar-refractivity contribution is -0.140. The van der Waals surface area contributed by atoms with Crippen LogP contribution in [0.3, 0.4) is 0 Å². The second-order valence-corrected chi connectivity index (χ2v) is 3.00. The predicted molar refractivity (Wildman–Crippen MR) is 38.2 cm³/mol. The second kappa shape index (κ2) is 3.17. The van der Waals surface area contributed by atoms with Gasteiger partial charge in [-0.1, -0.05) is 0 Å². The SMILES string of the molecule is O=C(O)CC1(F)CCCNC1. The van der Waals surface area contributed by atoms with Crippen molar-refractivity contribution in [3.8, 4) is 0 Å². The normalized spacial score (nSPS) is 31.7. The van der Waals surface area contributed by atoms with Gasteiger partial charge in [0.1, 0.15) is 5.67 Å². The first kappa shape index (κ1) is 8.46. The average Bonchev–Trinajstić information content (AvgIpc) is 1.85. The summed E-state index contributed by atoms with van der Waals surface area (Å²) < 4.78 is 13.4. The van der Waals surface area contributed by atoms with Crippen LogP contribution in [-0.2, 0) is 4.79 Å². The molecule has 2 N–H and O–H groups in total. The van der Waals surface area contributed by atoms with E-state index in [9.17, 15) is 9.18 Å². The Morgan fingerprint density at radius 2 is 2.45 bits per heavy atom. The predicted octanol–water partition coefficient (Wildman–Crippen LogP) is 0.553. The summed E-state index contributed by atoms with van der Waals surface area (Å²) >= 11 is 0. The quantitative estimate of drug-likeness (QED) is 0.622. The Morgan fingerprint density at radius 3 is 2.91 bits per heavy atom. The molecule has 0 aromatic carbocycles. The topological polar surface area (TPSA) is 49.3 Å². The minimum Gasteiger partial charge on any atom is -0.481 e. The van der Waals surface area contributed by atoms with E-state index in [0.29, 0.717) is 6.42 Å². The number of aliphatic carboxylic acids is 1. The summed E-state index contributed by atoms with van der Waals surface area (Å²) in [6, 6.07) is 0. The molecule has 1 rings (SSSR count). The molecule has 0 aromatic rings. The molecule has 1 aliphatic rings. The molecule has 0 amide bonds. The van der Waals surface area contributed by atoms with Crippen molar-refractivity contribution in [3.63, 3.8) is 0 Å². The van der Waals surface area contributed by atoms with E-state index in [4.69, 9.17) is 5.11 Å². The summed E-state index contributed by atoms with van der Waals surface area (Å²) in [5.41, 5.74) is -1.51. The maximum absolute atomic E-state index is 13.4. The van der Waals surface area contributed by atoms with Crippen LogP contribution in [0.4, 0.5) is 4.39 Å². The van der Waals surface area contributed by atoms with Crippen molar-refractivity contribution in [2.24, 2.45) is 0 Å². The molecule has 1 heterocycles. The number of halogens is 1. The highest BCUT2D eigenvalue weighted by atomic mass is 19.1. The number of hydrogen-bond donors (Lipinski definition) is 2. The van der Waals surface area contributed by atoms with Crippen LogP contribution in [0.2, 0.25) is 0 Å². The Balaban J connectivity index is 2.43. The zero-order valence-corrected chi connectivity index (χ0v) is 6.27. The fraction of sp³-hybridized carbons (Fsp3) is 0.857. The van der Waals surface area contributed by atoms with E-state index in [-0.39, 0.29) is 13.0 Å². The highest BCUT2D eigenvalue weighted by Crippen LogP contribution is 2.24. The lowest BCUT2D eigenvalue weighted by atomic mass is 9.93. The van der Waals surface area contributed by atoms with Crippen LogP contribution < -0.4 is 5.32 Å². The lowest BCUT2D eigenvalue weighted by Gasteiger charge is -2.28. The Bertz CT molecular complexity index is 155. The summed E-state index contributed by atoms with van der Waals surface area (Å²) in [5, 5.41) is 11.2. The molecule has 1 atom stereocenters. The van der Waals surface area contributed by atoms with Gasteiger partial charge in [0.25, 0.3) is 0 Å². The number of alkyl halides is 1. The monoisotopic (exact) mass is 161 g/mol. The van der Waals surface area contributed by atoms with Gasteiger partial charge in [-0.2, -0.15) is 0 Å². The molecule has 1 aliphatic heterocycles. The minimum atomic E-state index is -1.51. The van der Waals surface area contributed by atoms with Crippen LogP contribution in [0.1, 0.15) is 19.3 Å². The van der Waals surface area contributed by atoms with Crippen LogP contribution in [0.15, 0.2) is 0 Å². The van der Waals surface area contributed by atoms with Crippen molar-refractivity contribution >= 4 is 5.97 Å². The summed E-state index contributed by atoms with van der Waals surface area (Å²) in [6.45, 7) is 0.977. The fourth-order valence-corrected chi connectivity index (χ4v) is 1.35. The Morgan fingerprint density at radius 1 is 1.73 bits per heavy atom. The third-order valence-electron chi connectivity index (χ3n) is 1.89. The molecule has 0 aromatic heterocycles. The molecule has 3 nitrogen and oxygen atoms in total. The summed E-state index contributed by atoms with van der Waals surface area (Å²) in [6.07, 6.45) is 0.718. The molecular formula is C7H12FNO2. The van der Waals surface area contributed by atoms with Gasteiger partial charge in [0.2, 0.25) is 0 Å². The Labute approximate surface area is 64.6 Å². The van der Waals surface area contributed by atoms with Crippen LogP contribution in [-0.4, -0.2) is 29.8 Å². The molecule has 0 spiro atoms. The van der Waals surface area contributed by atoms with Crippen molar-refractivity contribution in [2.75, 3.05) is 13.1 Å². The van der Waals surface area contributed by atoms with Gasteiger partial charge in [-0.15, -0.1) is 0 Å². The summed E-state index contributed by atoms with van der Waals surface area (Å²) in [5.74, 6) is -1.06. The molecular weight excluding hydrogens is 149 g/mol. The number of carbonyl (C=O) groups is 1. The fourth-order valence-electron chi connectivity index (χ4n) is 1.35. The number of carboxylic acid groups (broad SMARTS) is 1. The maximum atomic E-state index is 13.4. The smallest absolute Gasteiger partial charge is 0.306 e. The van der Waals surface area contributed by atoms with E-state index < -0.39 is 11.6 Å². The van der Waals surface area contributed by atoms with Crippen molar-refractivity contribution in [1.29, 1.82) is 0 Å². The van der Waals surface area contributed by atoms with Crippen LogP contribution in [0.5, 0.6) is 0 Å². The van der Waals surface area contributed by atoms with Crippen molar-refractivity contribution in [1.82, 2.24) is 5.32 Å². The van der Waals surface area contributed by atoms with Gasteiger partial charge < -0.3 is 10.4 Å². The number of nitrogens with one attached hydrogen (secondary N) is 1. The standard InChI is InChI=1S/C7H12FNO2/c8-7(4-6(10)11)2-1-3-9-5-7/h9H,1-5H2,(H,10,11). The largest absolute Gasteiger partial charge is 0.481 e. The first-order valence-electron chi connectivity index (χ1n) is 3.74. The Hall–Kier alpha value is -0.640. The highest BCUT2D eigenvalue weighted by Gasteiger charge is 2.33. The molecule has 0 aliphatic carbocycles. The van der Waals surface area contributed by atoms with Gasteiger partial charge in [0, 0.05) is 6.54 Å². The highest BCUT2D eigenvalue weighted by molar-refractivity contribution is 5.68. The zero-order chi connectivity index (χ0) is 8.32. The zero-order valence-electron chi connectivity index (χ0n) is 6.27. The number of carboxylic acids is 1. The van der Waals surface area contributed by atoms with E-state index in [1.54, 1.807) is 0 Å². The van der Waals surface area contributed by atoms with Gasteiger partial charge in [0.05, 0.1) is 6.42 Å². The summed E-state index contributed by atoms with van der Waals surface area (Å²) in [7, 11) is 0. The van der Waals surface area contributed by atoms with Crippen molar-refractivity contribution in [2.45, 2.75) is 24.9 Å². The molecule has 64 valence electrons. The molecule has 0 saturated carbocycles. The van der Waals surface area contributed by atoms with Gasteiger partial charge in [-0.3, -0.25) is 4.79 Å². The van der Waals surface area contributed by atoms with E-state index in [1.807, 2.05) is 0 Å². The van der Waals surface area contributed by atoms with Crippen LogP contribution in [0.25, 0.3) is 0 Å². The van der Waals surface area contributed by atoms with E-state index in [1.165, 1.54) is 0 Å². The maximum Gasteiger partial charge on any atom is 0.306 e. The molecule has 1 fully saturated rings. The molecule has 0 radical (unpaired) electrons. The first-order chi connectivity index (χ1) is 5.12. The van der Waals surface area contributed by atoms with Crippen molar-refractivity contribution < 1.29 is 14.3 Å². The second-order valence-electron chi connectivity index (χ2n) is 3.00. The van der Waals surface area contributed by atoms with Crippen LogP contribution >= 0.6 is 0 Å². The Kier molecular flexibility index (Phi) is 2.44. The minimum absolute atomic E-state index is 0.180. The molecule has 4 heteroatoms. The third-order valence-corrected chi connectivity index (χ3v) is 1.89. The first-order valence-corrected chi connectivity index (χ1v) is 3.74. The number of hydrogen-bond acceptors (Lipinski definition) is 2. The average molecular weight is 161 g/mol. The third kappa shape index (κ3) is 2.46. The molecule has 1 unspecified atom stereocenters. The van der Waals surface area contributed by atoms with Crippen molar-refractivity contribution in [3.05, 3.63) is 0 Å². The van der Waals surface area contributed by atoms with Gasteiger partial charge >= 0.3 is 5.97 Å². The number of rotatable bonds is 2. The molecule has 1 saturated heterocycles. The molecule has 0 bridgehead atoms. The van der Waals surface area contributed by atoms with Gasteiger partial charge in [-0.25, -0.2) is 4.39 Å².